The van der Waals surface area contributed by atoms with E-state index in [-0.39, 0.29) is 12.5 Å². The highest BCUT2D eigenvalue weighted by molar-refractivity contribution is 5.89. The molecule has 1 saturated carbocycles. The number of amides is 3. The molecule has 16 heavy (non-hydrogen) atoms. The van der Waals surface area contributed by atoms with Crippen molar-refractivity contribution in [2.24, 2.45) is 0 Å². The predicted molar refractivity (Wildman–Crippen MR) is 54.8 cm³/mol. The van der Waals surface area contributed by atoms with Gasteiger partial charge in [0, 0.05) is 7.05 Å². The third kappa shape index (κ3) is 2.62. The molecule has 3 amide bonds. The SMILES string of the molecule is CNC(=O)CNC(=O)NC1(C(=O)O)CCC1. The molecule has 4 N–H and O–H groups in total. The molecule has 0 atom stereocenters. The zero-order chi connectivity index (χ0) is 12.2. The van der Waals surface area contributed by atoms with E-state index in [1.807, 2.05) is 0 Å². The molecule has 0 spiro atoms. The summed E-state index contributed by atoms with van der Waals surface area (Å²) in [6, 6.07) is -0.634. The van der Waals surface area contributed by atoms with Gasteiger partial charge in [-0.25, -0.2) is 9.59 Å². The van der Waals surface area contributed by atoms with Crippen molar-refractivity contribution in [3.8, 4) is 0 Å². The summed E-state index contributed by atoms with van der Waals surface area (Å²) in [7, 11) is 1.45. The normalized spacial score (nSPS) is 16.8. The number of nitrogens with one attached hydrogen (secondary N) is 3. The Morgan fingerprint density at radius 3 is 2.31 bits per heavy atom. The van der Waals surface area contributed by atoms with E-state index in [1.54, 1.807) is 0 Å². The van der Waals surface area contributed by atoms with Gasteiger partial charge in [-0.3, -0.25) is 4.79 Å². The first kappa shape index (κ1) is 12.3. The average molecular weight is 229 g/mol. The zero-order valence-corrected chi connectivity index (χ0v) is 9.00. The van der Waals surface area contributed by atoms with Gasteiger partial charge >= 0.3 is 12.0 Å². The number of likely N-dealkylation sites (N-methyl/N-ethyl adjacent to an activating group) is 1. The molecule has 1 aliphatic carbocycles. The summed E-state index contributed by atoms with van der Waals surface area (Å²) < 4.78 is 0. The largest absolute Gasteiger partial charge is 0.480 e. The maximum atomic E-state index is 11.3. The Kier molecular flexibility index (Phi) is 3.70. The van der Waals surface area contributed by atoms with Crippen LogP contribution < -0.4 is 16.0 Å². The summed E-state index contributed by atoms with van der Waals surface area (Å²) in [4.78, 5) is 33.1. The molecule has 1 fully saturated rings. The summed E-state index contributed by atoms with van der Waals surface area (Å²) in [5.74, 6) is -1.37. The maximum absolute atomic E-state index is 11.3. The second-order valence-corrected chi connectivity index (χ2v) is 3.72. The van der Waals surface area contributed by atoms with Crippen molar-refractivity contribution in [2.45, 2.75) is 24.8 Å². The van der Waals surface area contributed by atoms with Crippen molar-refractivity contribution in [3.63, 3.8) is 0 Å². The lowest BCUT2D eigenvalue weighted by molar-refractivity contribution is -0.148. The Morgan fingerprint density at radius 2 is 1.94 bits per heavy atom. The summed E-state index contributed by atoms with van der Waals surface area (Å²) in [5, 5.41) is 15.9. The maximum Gasteiger partial charge on any atom is 0.329 e. The van der Waals surface area contributed by atoms with E-state index in [2.05, 4.69) is 16.0 Å². The molecule has 0 heterocycles. The van der Waals surface area contributed by atoms with Gasteiger partial charge in [-0.15, -0.1) is 0 Å². The van der Waals surface area contributed by atoms with Crippen molar-refractivity contribution in [2.75, 3.05) is 13.6 Å². The molecule has 0 saturated heterocycles. The van der Waals surface area contributed by atoms with E-state index >= 15 is 0 Å². The molecule has 0 radical (unpaired) electrons. The van der Waals surface area contributed by atoms with E-state index in [9.17, 15) is 14.4 Å². The molecule has 0 bridgehead atoms. The van der Waals surface area contributed by atoms with Gasteiger partial charge in [-0.1, -0.05) is 0 Å². The third-order valence-corrected chi connectivity index (χ3v) is 2.66. The van der Waals surface area contributed by atoms with E-state index in [1.165, 1.54) is 7.05 Å². The van der Waals surface area contributed by atoms with E-state index < -0.39 is 17.5 Å². The summed E-state index contributed by atoms with van der Waals surface area (Å²) in [5.41, 5.74) is -1.15. The smallest absolute Gasteiger partial charge is 0.329 e. The standard InChI is InChI=1S/C9H15N3O4/c1-10-6(13)5-11-8(16)12-9(7(14)15)3-2-4-9/h2-5H2,1H3,(H,10,13)(H,14,15)(H2,11,12,16). The Balaban J connectivity index is 2.39. The minimum atomic E-state index is -1.15. The lowest BCUT2D eigenvalue weighted by Gasteiger charge is -2.38. The highest BCUT2D eigenvalue weighted by Crippen LogP contribution is 2.31. The minimum Gasteiger partial charge on any atom is -0.480 e. The van der Waals surface area contributed by atoms with E-state index in [0.29, 0.717) is 12.8 Å². The van der Waals surface area contributed by atoms with Gasteiger partial charge in [0.2, 0.25) is 5.91 Å². The van der Waals surface area contributed by atoms with Gasteiger partial charge in [0.1, 0.15) is 5.54 Å². The van der Waals surface area contributed by atoms with Crippen LogP contribution in [-0.4, -0.2) is 42.1 Å². The molecule has 0 aromatic carbocycles. The fraction of sp³-hybridized carbons (Fsp3) is 0.667. The monoisotopic (exact) mass is 229 g/mol. The summed E-state index contributed by atoms with van der Waals surface area (Å²) in [6.07, 6.45) is 1.63. The lowest BCUT2D eigenvalue weighted by atomic mass is 9.77. The van der Waals surface area contributed by atoms with Crippen molar-refractivity contribution < 1.29 is 19.5 Å². The Morgan fingerprint density at radius 1 is 1.31 bits per heavy atom. The number of carbonyl (C=O) groups is 3. The number of carboxylic acids is 1. The number of hydrogen-bond donors (Lipinski definition) is 4. The molecule has 0 aliphatic heterocycles. The molecule has 1 rings (SSSR count). The van der Waals surface area contributed by atoms with Crippen LogP contribution in [0, 0.1) is 0 Å². The van der Waals surface area contributed by atoms with Gasteiger partial charge < -0.3 is 21.1 Å². The fourth-order valence-electron chi connectivity index (χ4n) is 1.43. The van der Waals surface area contributed by atoms with Crippen LogP contribution in [-0.2, 0) is 9.59 Å². The van der Waals surface area contributed by atoms with Gasteiger partial charge in [-0.2, -0.15) is 0 Å². The molecular weight excluding hydrogens is 214 g/mol. The fourth-order valence-corrected chi connectivity index (χ4v) is 1.43. The molecule has 0 unspecified atom stereocenters. The molecule has 90 valence electrons. The van der Waals surface area contributed by atoms with Gasteiger partial charge in [0.25, 0.3) is 0 Å². The predicted octanol–water partition coefficient (Wildman–Crippen LogP) is -0.961. The van der Waals surface area contributed by atoms with Crippen LogP contribution in [0.2, 0.25) is 0 Å². The lowest BCUT2D eigenvalue weighted by Crippen LogP contribution is -2.61. The van der Waals surface area contributed by atoms with Crippen LogP contribution in [0.3, 0.4) is 0 Å². The Labute approximate surface area is 92.6 Å². The Bertz CT molecular complexity index is 312. The number of urea groups is 1. The van der Waals surface area contributed by atoms with Gasteiger partial charge in [-0.05, 0) is 19.3 Å². The molecule has 0 aromatic heterocycles. The number of carbonyl (C=O) groups excluding carboxylic acids is 2. The summed E-state index contributed by atoms with van der Waals surface area (Å²) in [6.45, 7) is -0.169. The first-order chi connectivity index (χ1) is 7.50. The topological polar surface area (TPSA) is 108 Å². The minimum absolute atomic E-state index is 0.169. The average Bonchev–Trinajstić information content (AvgIpc) is 2.19. The van der Waals surface area contributed by atoms with Crippen LogP contribution in [0.1, 0.15) is 19.3 Å². The van der Waals surface area contributed by atoms with Crippen LogP contribution in [0.15, 0.2) is 0 Å². The highest BCUT2D eigenvalue weighted by Gasteiger charge is 2.45. The van der Waals surface area contributed by atoms with Crippen molar-refractivity contribution in [3.05, 3.63) is 0 Å². The first-order valence-corrected chi connectivity index (χ1v) is 5.00. The second kappa shape index (κ2) is 4.82. The molecule has 1 aliphatic rings. The van der Waals surface area contributed by atoms with Crippen molar-refractivity contribution in [1.29, 1.82) is 0 Å². The van der Waals surface area contributed by atoms with Crippen LogP contribution >= 0.6 is 0 Å². The quantitative estimate of drug-likeness (QED) is 0.498. The van der Waals surface area contributed by atoms with Crippen LogP contribution in [0.4, 0.5) is 4.79 Å². The third-order valence-electron chi connectivity index (χ3n) is 2.66. The van der Waals surface area contributed by atoms with Crippen molar-refractivity contribution >= 4 is 17.9 Å². The molecule has 0 aromatic rings. The Hall–Kier alpha value is -1.79. The molecule has 7 nitrogen and oxygen atoms in total. The number of aliphatic carboxylic acids is 1. The number of carboxylic acid groups (broad SMARTS) is 1. The number of rotatable bonds is 4. The van der Waals surface area contributed by atoms with Gasteiger partial charge in [0.05, 0.1) is 6.54 Å². The highest BCUT2D eigenvalue weighted by atomic mass is 16.4. The van der Waals surface area contributed by atoms with E-state index in [0.717, 1.165) is 6.42 Å². The zero-order valence-electron chi connectivity index (χ0n) is 9.00. The first-order valence-electron chi connectivity index (χ1n) is 5.00. The van der Waals surface area contributed by atoms with Crippen molar-refractivity contribution in [1.82, 2.24) is 16.0 Å². The second-order valence-electron chi connectivity index (χ2n) is 3.72. The van der Waals surface area contributed by atoms with Crippen LogP contribution in [0.5, 0.6) is 0 Å². The number of hydrogen-bond acceptors (Lipinski definition) is 3. The van der Waals surface area contributed by atoms with Crippen LogP contribution in [0.25, 0.3) is 0 Å². The van der Waals surface area contributed by atoms with E-state index in [4.69, 9.17) is 5.11 Å². The molecular formula is C9H15N3O4. The summed E-state index contributed by atoms with van der Waals surface area (Å²) >= 11 is 0. The molecule has 7 heteroatoms. The van der Waals surface area contributed by atoms with Gasteiger partial charge in [0.15, 0.2) is 0 Å².